The number of hydrogen-bond acceptors (Lipinski definition) is 0. The molecule has 0 aliphatic carbocycles. The Morgan fingerprint density at radius 2 is 1.54 bits per heavy atom. The normalized spacial score (nSPS) is 10.7. The summed E-state index contributed by atoms with van der Waals surface area (Å²) in [5.41, 5.74) is 0. The van der Waals surface area contributed by atoms with Gasteiger partial charge in [-0.05, 0) is 23.6 Å². The Morgan fingerprint density at radius 3 is 2.31 bits per heavy atom. The van der Waals surface area contributed by atoms with E-state index in [4.69, 9.17) is 0 Å². The third-order valence-corrected chi connectivity index (χ3v) is 1.87. The van der Waals surface area contributed by atoms with Gasteiger partial charge in [-0.3, -0.25) is 0 Å². The smallest absolute Gasteiger partial charge is 0.166 e. The Kier molecular flexibility index (Phi) is 1.72. The van der Waals surface area contributed by atoms with Gasteiger partial charge in [0.25, 0.3) is 0 Å². The van der Waals surface area contributed by atoms with Crippen LogP contribution in [0.2, 0.25) is 0 Å². The van der Waals surface area contributed by atoms with Gasteiger partial charge in [0.2, 0.25) is 0 Å². The molecule has 3 heteroatoms. The zero-order valence-corrected chi connectivity index (χ0v) is 6.52. The molecule has 0 heterocycles. The largest absolute Gasteiger partial charge is 0.207 e. The van der Waals surface area contributed by atoms with E-state index in [9.17, 15) is 13.2 Å². The van der Waals surface area contributed by atoms with Crippen LogP contribution in [0.15, 0.2) is 30.3 Å². The van der Waals surface area contributed by atoms with Crippen LogP contribution in [0.1, 0.15) is 0 Å². The molecule has 0 unspecified atom stereocenters. The predicted octanol–water partition coefficient (Wildman–Crippen LogP) is 3.26. The maximum Gasteiger partial charge on any atom is 0.166 e. The van der Waals surface area contributed by atoms with Crippen molar-refractivity contribution in [3.8, 4) is 0 Å². The third-order valence-electron chi connectivity index (χ3n) is 1.87. The van der Waals surface area contributed by atoms with E-state index in [-0.39, 0.29) is 5.39 Å². The monoisotopic (exact) mass is 182 g/mol. The molecule has 0 saturated carbocycles. The molecule has 2 aromatic carbocycles. The van der Waals surface area contributed by atoms with Crippen LogP contribution in [0, 0.1) is 17.5 Å². The molecule has 66 valence electrons. The summed E-state index contributed by atoms with van der Waals surface area (Å²) in [7, 11) is 0. The summed E-state index contributed by atoms with van der Waals surface area (Å²) in [6, 6.07) is 6.03. The summed E-state index contributed by atoms with van der Waals surface area (Å²) in [5.74, 6) is -2.54. The summed E-state index contributed by atoms with van der Waals surface area (Å²) in [4.78, 5) is 0. The molecule has 2 aromatic rings. The van der Waals surface area contributed by atoms with Gasteiger partial charge < -0.3 is 0 Å². The topological polar surface area (TPSA) is 0 Å². The van der Waals surface area contributed by atoms with Crippen LogP contribution in [-0.2, 0) is 0 Å². The highest BCUT2D eigenvalue weighted by Crippen LogP contribution is 2.20. The van der Waals surface area contributed by atoms with Crippen molar-refractivity contribution < 1.29 is 13.2 Å². The van der Waals surface area contributed by atoms with Crippen LogP contribution >= 0.6 is 0 Å². The summed E-state index contributed by atoms with van der Waals surface area (Å²) in [6.45, 7) is 0. The van der Waals surface area contributed by atoms with Crippen molar-refractivity contribution in [1.82, 2.24) is 0 Å². The van der Waals surface area contributed by atoms with Gasteiger partial charge in [0.05, 0.1) is 0 Å². The van der Waals surface area contributed by atoms with Gasteiger partial charge in [0.15, 0.2) is 11.6 Å². The first-order chi connectivity index (χ1) is 6.18. The minimum Gasteiger partial charge on any atom is -0.207 e. The van der Waals surface area contributed by atoms with Gasteiger partial charge >= 0.3 is 0 Å². The maximum atomic E-state index is 13.0. The van der Waals surface area contributed by atoms with Crippen molar-refractivity contribution >= 4 is 10.8 Å². The molecule has 0 amide bonds. The second-order valence-corrected chi connectivity index (χ2v) is 2.73. The van der Waals surface area contributed by atoms with Crippen LogP contribution in [0.25, 0.3) is 10.8 Å². The third kappa shape index (κ3) is 1.26. The van der Waals surface area contributed by atoms with Crippen LogP contribution < -0.4 is 0 Å². The van der Waals surface area contributed by atoms with Gasteiger partial charge in [-0.1, -0.05) is 12.1 Å². The molecule has 0 nitrogen and oxygen atoms in total. The Bertz CT molecular complexity index is 458. The molecule has 0 aliphatic rings. The zero-order valence-electron chi connectivity index (χ0n) is 6.52. The van der Waals surface area contributed by atoms with E-state index in [2.05, 4.69) is 0 Å². The van der Waals surface area contributed by atoms with Gasteiger partial charge in [0, 0.05) is 5.39 Å². The SMILES string of the molecule is Fc1ccc2ccc(F)c(F)c2c1. The maximum absolute atomic E-state index is 13.0. The summed E-state index contributed by atoms with van der Waals surface area (Å²) < 4.78 is 38.4. The Morgan fingerprint density at radius 1 is 0.846 bits per heavy atom. The lowest BCUT2D eigenvalue weighted by atomic mass is 10.1. The van der Waals surface area contributed by atoms with E-state index in [0.29, 0.717) is 5.39 Å². The van der Waals surface area contributed by atoms with Crippen LogP contribution in [0.4, 0.5) is 13.2 Å². The molecule has 13 heavy (non-hydrogen) atoms. The van der Waals surface area contributed by atoms with Crippen LogP contribution in [0.3, 0.4) is 0 Å². The zero-order chi connectivity index (χ0) is 9.42. The predicted molar refractivity (Wildman–Crippen MR) is 43.8 cm³/mol. The highest BCUT2D eigenvalue weighted by atomic mass is 19.2. The van der Waals surface area contributed by atoms with Gasteiger partial charge in [-0.15, -0.1) is 0 Å². The van der Waals surface area contributed by atoms with E-state index < -0.39 is 17.5 Å². The van der Waals surface area contributed by atoms with Crippen molar-refractivity contribution in [2.45, 2.75) is 0 Å². The van der Waals surface area contributed by atoms with Gasteiger partial charge in [-0.2, -0.15) is 0 Å². The second kappa shape index (κ2) is 2.76. The quantitative estimate of drug-likeness (QED) is 0.586. The first kappa shape index (κ1) is 8.10. The van der Waals surface area contributed by atoms with Crippen LogP contribution in [0.5, 0.6) is 0 Å². The van der Waals surface area contributed by atoms with Gasteiger partial charge in [-0.25, -0.2) is 13.2 Å². The highest BCUT2D eigenvalue weighted by Gasteiger charge is 2.06. The Balaban J connectivity index is 2.89. The first-order valence-corrected chi connectivity index (χ1v) is 3.72. The lowest BCUT2D eigenvalue weighted by molar-refractivity contribution is 0.516. The molecule has 2 rings (SSSR count). The summed E-state index contributed by atoms with van der Waals surface area (Å²) in [5, 5.41) is 0.459. The molecule has 0 bridgehead atoms. The molecule has 0 fully saturated rings. The molecule has 0 aromatic heterocycles. The molecule has 0 saturated heterocycles. The lowest BCUT2D eigenvalue weighted by Gasteiger charge is -1.99. The number of fused-ring (bicyclic) bond motifs is 1. The average molecular weight is 182 g/mol. The van der Waals surface area contributed by atoms with Crippen molar-refractivity contribution in [2.75, 3.05) is 0 Å². The molecule has 0 aliphatic heterocycles. The second-order valence-electron chi connectivity index (χ2n) is 2.73. The molecular weight excluding hydrogens is 177 g/mol. The highest BCUT2D eigenvalue weighted by molar-refractivity contribution is 5.83. The van der Waals surface area contributed by atoms with E-state index in [0.717, 1.165) is 12.1 Å². The Labute approximate surface area is 72.6 Å². The van der Waals surface area contributed by atoms with Crippen LogP contribution in [-0.4, -0.2) is 0 Å². The van der Waals surface area contributed by atoms with Crippen molar-refractivity contribution in [3.05, 3.63) is 47.8 Å². The van der Waals surface area contributed by atoms with Crippen molar-refractivity contribution in [2.24, 2.45) is 0 Å². The van der Waals surface area contributed by atoms with E-state index >= 15 is 0 Å². The average Bonchev–Trinajstić information content (AvgIpc) is 2.12. The lowest BCUT2D eigenvalue weighted by Crippen LogP contribution is -1.86. The molecule has 0 radical (unpaired) electrons. The molecule has 0 atom stereocenters. The minimum absolute atomic E-state index is 0.0278. The van der Waals surface area contributed by atoms with E-state index in [1.54, 1.807) is 0 Å². The fourth-order valence-electron chi connectivity index (χ4n) is 1.23. The molecule has 0 N–H and O–H groups in total. The summed E-state index contributed by atoms with van der Waals surface area (Å²) in [6.07, 6.45) is 0. The summed E-state index contributed by atoms with van der Waals surface area (Å²) >= 11 is 0. The van der Waals surface area contributed by atoms with E-state index in [1.807, 2.05) is 0 Å². The number of hydrogen-bond donors (Lipinski definition) is 0. The van der Waals surface area contributed by atoms with Crippen molar-refractivity contribution in [1.29, 1.82) is 0 Å². The first-order valence-electron chi connectivity index (χ1n) is 3.72. The standard InChI is InChI=1S/C10H5F3/c11-7-3-1-6-2-4-9(12)10(13)8(6)5-7/h1-5H. The van der Waals surface area contributed by atoms with Crippen molar-refractivity contribution in [3.63, 3.8) is 0 Å². The molecular formula is C10H5F3. The number of halogens is 3. The van der Waals surface area contributed by atoms with E-state index in [1.165, 1.54) is 18.2 Å². The molecule has 0 spiro atoms. The fraction of sp³-hybridized carbons (Fsp3) is 0. The number of benzene rings is 2. The Hall–Kier alpha value is -1.51. The van der Waals surface area contributed by atoms with Gasteiger partial charge in [0.1, 0.15) is 5.82 Å². The number of rotatable bonds is 0. The minimum atomic E-state index is -1.00. The fourth-order valence-corrected chi connectivity index (χ4v) is 1.23.